The van der Waals surface area contributed by atoms with Crippen LogP contribution in [-0.2, 0) is 68.3 Å². The summed E-state index contributed by atoms with van der Waals surface area (Å²) in [6, 6.07) is 24.7. The number of amides is 10. The molecule has 0 radical (unpaired) electrons. The highest BCUT2D eigenvalue weighted by Crippen LogP contribution is 2.50. The lowest BCUT2D eigenvalue weighted by Crippen LogP contribution is -2.45. The van der Waals surface area contributed by atoms with Gasteiger partial charge in [-0.25, -0.2) is 18.9 Å². The van der Waals surface area contributed by atoms with E-state index in [-0.39, 0.29) is 175 Å². The molecule has 4 heterocycles. The van der Waals surface area contributed by atoms with Crippen LogP contribution in [0.15, 0.2) is 114 Å². The summed E-state index contributed by atoms with van der Waals surface area (Å²) < 4.78 is 68.1. The minimum atomic E-state index is -5.03. The molecule has 3 aliphatic heterocycles. The Bertz CT molecular complexity index is 4390. The smallest absolute Gasteiger partial charge is 0.446 e. The van der Waals surface area contributed by atoms with Crippen molar-refractivity contribution in [1.29, 1.82) is 0 Å². The molecule has 0 unspecified atom stereocenters. The fourth-order valence-electron chi connectivity index (χ4n) is 13.2. The van der Waals surface area contributed by atoms with Crippen LogP contribution < -0.4 is 40.7 Å². The summed E-state index contributed by atoms with van der Waals surface area (Å²) in [4.78, 5) is 159. The number of Topliss-reactive ketones (excluding diaryl/α,β-unsaturated/α-hetero) is 1. The van der Waals surface area contributed by atoms with E-state index in [4.69, 9.17) is 75.8 Å². The lowest BCUT2D eigenvalue weighted by molar-refractivity contribution is -0.137. The zero-order valence-corrected chi connectivity index (χ0v) is 65.8. The standard InChI is InChI=1S/C78H96Cl2N9O23P/c1-5-85(27-28-86(6-2)78(99)111-65-43-60-70(58-15-9-7-13-56(58)65)53(45-79)47-88(60)74(95)63-21-22-64(110-63)75(96)89-48-54(46-80)71-59-16-10-8-14-57(59)66(44-61(71)89)112-113(100,101)102)77(98)109-49-51-17-19-55(20-18-51)83-73(94)52(12-11-26-82-76(81)97)42-62(90)72(50(3)4)84-67(91)25-30-103-32-34-105-36-38-107-40-41-108-39-37-106-35-33-104-31-29-87-68(92)23-24-69(87)93/h7-10,13-24,43-44,50,52-54,72H,5-6,11-12,25-42,45-49H2,1-4H3,(H,83,94)(H,84,91)(H3,81,82,97)(H2,100,101,102)/t52-,53-,54-,72+/m1/s1. The largest absolute Gasteiger partial charge is 0.524 e. The van der Waals surface area contributed by atoms with Crippen molar-refractivity contribution in [2.24, 2.45) is 17.6 Å². The number of primary amides is 1. The Hall–Kier alpha value is -9.57. The summed E-state index contributed by atoms with van der Waals surface area (Å²) >= 11 is 13.1. The molecule has 0 fully saturated rings. The average Bonchev–Trinajstić information content (AvgIpc) is 1.61. The maximum Gasteiger partial charge on any atom is 0.524 e. The van der Waals surface area contributed by atoms with Gasteiger partial charge in [-0.05, 0) is 84.3 Å². The number of anilines is 3. The maximum atomic E-state index is 14.7. The van der Waals surface area contributed by atoms with Crippen molar-refractivity contribution in [2.75, 3.05) is 159 Å². The summed E-state index contributed by atoms with van der Waals surface area (Å²) in [7, 11) is -5.03. The quantitative estimate of drug-likeness (QED) is 0.00897. The first kappa shape index (κ1) is 87.4. The van der Waals surface area contributed by atoms with Gasteiger partial charge in [-0.1, -0.05) is 74.5 Å². The molecular formula is C78H96Cl2N9O23P. The van der Waals surface area contributed by atoms with Crippen LogP contribution in [0.5, 0.6) is 11.5 Å². The van der Waals surface area contributed by atoms with Crippen molar-refractivity contribution >= 4 is 129 Å². The molecule has 0 bridgehead atoms. The Balaban J connectivity index is 0.705. The monoisotopic (exact) mass is 1630 g/mol. The van der Waals surface area contributed by atoms with Gasteiger partial charge >= 0.3 is 26.0 Å². The van der Waals surface area contributed by atoms with E-state index < -0.39 is 61.6 Å². The number of imide groups is 1. The number of phosphoric ester groups is 1. The second kappa shape index (κ2) is 43.1. The topological polar surface area (TPSA) is 403 Å². The molecule has 3 aliphatic rings. The van der Waals surface area contributed by atoms with Crippen LogP contribution in [0.2, 0.25) is 0 Å². The number of carbonyl (C=O) groups is 10. The van der Waals surface area contributed by atoms with E-state index in [2.05, 4.69) is 16.0 Å². The predicted octanol–water partition coefficient (Wildman–Crippen LogP) is 9.02. The highest BCUT2D eigenvalue weighted by Gasteiger charge is 2.40. The Labute approximate surface area is 663 Å². The van der Waals surface area contributed by atoms with Gasteiger partial charge in [-0.2, -0.15) is 0 Å². The fraction of sp³-hybridized carbons (Fsp3) is 0.462. The molecule has 113 heavy (non-hydrogen) atoms. The van der Waals surface area contributed by atoms with Gasteiger partial charge in [0.25, 0.3) is 23.6 Å². The molecule has 35 heteroatoms. The number of furan rings is 1. The number of nitrogens with two attached hydrogens (primary N) is 1. The summed E-state index contributed by atoms with van der Waals surface area (Å²) in [6.07, 6.45) is 1.28. The third kappa shape index (κ3) is 24.5. The van der Waals surface area contributed by atoms with Crippen molar-refractivity contribution in [2.45, 2.75) is 77.9 Å². The molecule has 6 aromatic rings. The predicted molar refractivity (Wildman–Crippen MR) is 417 cm³/mol. The van der Waals surface area contributed by atoms with Gasteiger partial charge in [0, 0.05) is 129 Å². The van der Waals surface area contributed by atoms with Crippen LogP contribution in [0.1, 0.15) is 103 Å². The first-order chi connectivity index (χ1) is 54.4. The van der Waals surface area contributed by atoms with Crippen LogP contribution in [0.25, 0.3) is 21.5 Å². The van der Waals surface area contributed by atoms with E-state index in [1.165, 1.54) is 50.0 Å². The lowest BCUT2D eigenvalue weighted by Gasteiger charge is -2.26. The lowest BCUT2D eigenvalue weighted by atomic mass is 9.89. The molecular weight excluding hydrogens is 1530 g/mol. The van der Waals surface area contributed by atoms with Gasteiger partial charge in [0.15, 0.2) is 17.3 Å². The summed E-state index contributed by atoms with van der Waals surface area (Å²) in [5.41, 5.74) is 8.34. The van der Waals surface area contributed by atoms with Crippen molar-refractivity contribution < 1.29 is 109 Å². The first-order valence-corrected chi connectivity index (χ1v) is 39.9. The van der Waals surface area contributed by atoms with Crippen molar-refractivity contribution in [3.05, 3.63) is 137 Å². The molecule has 5 aromatic carbocycles. The van der Waals surface area contributed by atoms with E-state index in [0.29, 0.717) is 109 Å². The number of benzene rings is 5. The molecule has 4 atom stereocenters. The number of halogens is 2. The van der Waals surface area contributed by atoms with Gasteiger partial charge in [0.2, 0.25) is 11.8 Å². The van der Waals surface area contributed by atoms with Crippen molar-refractivity contribution in [3.8, 4) is 11.5 Å². The zero-order chi connectivity index (χ0) is 81.1. The molecule has 9 rings (SSSR count). The van der Waals surface area contributed by atoms with E-state index in [9.17, 15) is 62.3 Å². The number of carbonyl (C=O) groups excluding carboxylic acids is 10. The van der Waals surface area contributed by atoms with Crippen molar-refractivity contribution in [3.63, 3.8) is 0 Å². The van der Waals surface area contributed by atoms with Crippen LogP contribution in [0.3, 0.4) is 0 Å². The molecule has 32 nitrogen and oxygen atoms in total. The molecule has 7 N–H and O–H groups in total. The van der Waals surface area contributed by atoms with E-state index in [0.717, 1.165) is 10.5 Å². The van der Waals surface area contributed by atoms with Gasteiger partial charge < -0.3 is 88.1 Å². The maximum absolute atomic E-state index is 14.7. The first-order valence-electron chi connectivity index (χ1n) is 37.3. The highest BCUT2D eigenvalue weighted by molar-refractivity contribution is 7.46. The molecule has 0 spiro atoms. The number of rotatable bonds is 46. The molecule has 610 valence electrons. The number of hydrogen-bond acceptors (Lipinski definition) is 21. The molecule has 10 amide bonds. The number of ether oxygens (including phenoxy) is 8. The molecule has 0 aliphatic carbocycles. The van der Waals surface area contributed by atoms with Gasteiger partial charge in [-0.15, -0.1) is 23.2 Å². The molecule has 1 aromatic heterocycles. The number of nitrogens with one attached hydrogen (secondary N) is 3. The number of alkyl halides is 2. The van der Waals surface area contributed by atoms with Gasteiger partial charge in [-0.3, -0.25) is 48.2 Å². The summed E-state index contributed by atoms with van der Waals surface area (Å²) in [5.74, 6) is -5.37. The van der Waals surface area contributed by atoms with Crippen LogP contribution in [0.4, 0.5) is 31.4 Å². The van der Waals surface area contributed by atoms with E-state index in [1.54, 1.807) is 94.4 Å². The number of likely N-dealkylation sites (N-methyl/N-ethyl adjacent to an activating group) is 2. The number of urea groups is 1. The number of nitrogens with zero attached hydrogens (tertiary/aromatic N) is 5. The molecule has 0 saturated carbocycles. The summed E-state index contributed by atoms with van der Waals surface area (Å²) in [6.45, 7) is 11.4. The SMILES string of the molecule is CCN(CCN(CC)C(=O)Oc1cc2c(c3ccccc13)[C@H](CCl)CN2C(=O)c1ccc(C(=O)N2C[C@@H](CCl)c3c2cc(OP(=O)(O)O)c2ccccc32)o1)C(=O)OCc1ccc(NC(=O)[C@H](CCCNC(N)=O)CC(=O)[C@@H](NC(=O)CCOCCOCCOCCOCCOCCOCCN2C(=O)C=CC2=O)C(C)C)cc1. The zero-order valence-electron chi connectivity index (χ0n) is 63.4. The second-order valence-corrected chi connectivity index (χ2v) is 28.7. The Morgan fingerprint density at radius 2 is 1.12 bits per heavy atom. The van der Waals surface area contributed by atoms with Gasteiger partial charge in [0.05, 0.1) is 103 Å². The second-order valence-electron chi connectivity index (χ2n) is 26.9. The van der Waals surface area contributed by atoms with Crippen LogP contribution in [0, 0.1) is 11.8 Å². The van der Waals surface area contributed by atoms with E-state index in [1.807, 2.05) is 12.1 Å². The normalized spacial score (nSPS) is 15.0. The number of phosphoric acid groups is 1. The Morgan fingerprint density at radius 1 is 0.637 bits per heavy atom. The average molecular weight is 1630 g/mol. The minimum Gasteiger partial charge on any atom is -0.446 e. The number of ketones is 1. The highest BCUT2D eigenvalue weighted by atomic mass is 35.5. The van der Waals surface area contributed by atoms with Crippen molar-refractivity contribution in [1.82, 2.24) is 25.3 Å². The third-order valence-corrected chi connectivity index (χ3v) is 20.1. The van der Waals surface area contributed by atoms with Crippen LogP contribution >= 0.6 is 31.0 Å². The minimum absolute atomic E-state index is 0.0350. The third-order valence-electron chi connectivity index (χ3n) is 18.9. The van der Waals surface area contributed by atoms with Crippen LogP contribution in [-0.4, -0.2) is 233 Å². The fourth-order valence-corrected chi connectivity index (χ4v) is 14.1. The Morgan fingerprint density at radius 3 is 1.60 bits per heavy atom. The molecule has 0 saturated heterocycles. The van der Waals surface area contributed by atoms with Gasteiger partial charge in [0.1, 0.15) is 18.1 Å². The number of hydrogen-bond donors (Lipinski definition) is 6. The number of fused-ring (bicyclic) bond motifs is 6. The summed E-state index contributed by atoms with van der Waals surface area (Å²) in [5, 5.41) is 10.4. The Kier molecular flexibility index (Phi) is 33.3. The van der Waals surface area contributed by atoms with E-state index >= 15 is 0 Å².